The molecule has 0 saturated carbocycles. The summed E-state index contributed by atoms with van der Waals surface area (Å²) >= 11 is 0. The number of hydrogen-bond acceptors (Lipinski definition) is 2. The minimum atomic E-state index is -0.0695. The van der Waals surface area contributed by atoms with Crippen LogP contribution in [0.15, 0.2) is 48.2 Å². The molecule has 3 nitrogen and oxygen atoms in total. The van der Waals surface area contributed by atoms with Gasteiger partial charge >= 0.3 is 0 Å². The Morgan fingerprint density at radius 3 is 2.94 bits per heavy atom. The van der Waals surface area contributed by atoms with Crippen LogP contribution in [0, 0.1) is 0 Å². The number of rotatable bonds is 3. The van der Waals surface area contributed by atoms with Crippen LogP contribution < -0.4 is 10.6 Å². The van der Waals surface area contributed by atoms with Crippen LogP contribution in [0.4, 0.5) is 5.69 Å². The number of benzene rings is 1. The number of hydrogen-bond donors (Lipinski definition) is 2. The molecule has 0 spiro atoms. The Balaban J connectivity index is 0.00000162. The van der Waals surface area contributed by atoms with E-state index in [4.69, 9.17) is 0 Å². The van der Waals surface area contributed by atoms with E-state index >= 15 is 0 Å². The second kappa shape index (κ2) is 5.34. The van der Waals surface area contributed by atoms with Crippen molar-refractivity contribution in [1.82, 2.24) is 5.32 Å². The third-order valence-corrected chi connectivity index (χ3v) is 2.67. The second-order valence-electron chi connectivity index (χ2n) is 3.92. The summed E-state index contributed by atoms with van der Waals surface area (Å²) in [5, 5.41) is 5.91. The first-order valence-corrected chi connectivity index (χ1v) is 5.75. The van der Waals surface area contributed by atoms with Crippen LogP contribution in [0.3, 0.4) is 0 Å². The lowest BCUT2D eigenvalue weighted by molar-refractivity contribution is 0.0967. The lowest BCUT2D eigenvalue weighted by Gasteiger charge is -2.09. The van der Waals surface area contributed by atoms with Crippen LogP contribution in [-0.2, 0) is 0 Å². The monoisotopic (exact) mass is 232 g/mol. The predicted molar refractivity (Wildman–Crippen MR) is 74.1 cm³/mol. The van der Waals surface area contributed by atoms with E-state index < -0.39 is 0 Å². The molecule has 0 heterocycles. The summed E-state index contributed by atoms with van der Waals surface area (Å²) in [4.78, 5) is 12.0. The summed E-state index contributed by atoms with van der Waals surface area (Å²) < 4.78 is 0. The summed E-state index contributed by atoms with van der Waals surface area (Å²) in [7, 11) is 1.84. The maximum atomic E-state index is 12.0. The Hall–Kier alpha value is -2.03. The van der Waals surface area contributed by atoms with Crippen LogP contribution in [0.5, 0.6) is 0 Å². The first kappa shape index (κ1) is 11.5. The number of allylic oxidation sites excluding steroid dienone is 3. The minimum Gasteiger partial charge on any atom is -0.388 e. The first-order valence-electron chi connectivity index (χ1n) is 5.75. The molecule has 0 aromatic heterocycles. The highest BCUT2D eigenvalue weighted by molar-refractivity contribution is 5.96. The maximum absolute atomic E-state index is 12.0. The van der Waals surface area contributed by atoms with Gasteiger partial charge < -0.3 is 10.6 Å². The van der Waals surface area contributed by atoms with E-state index in [0.717, 1.165) is 24.2 Å². The molecule has 17 heavy (non-hydrogen) atoms. The fraction of sp³-hybridized carbons (Fsp3) is 0.214. The van der Waals surface area contributed by atoms with Gasteiger partial charge in [-0.3, -0.25) is 4.79 Å². The molecular weight excluding hydrogens is 212 g/mol. The summed E-state index contributed by atoms with van der Waals surface area (Å²) in [5.41, 5.74) is 2.48. The fourth-order valence-electron chi connectivity index (χ4n) is 1.73. The summed E-state index contributed by atoms with van der Waals surface area (Å²) in [6, 6.07) is 7.44. The van der Waals surface area contributed by atoms with Crippen molar-refractivity contribution in [2.24, 2.45) is 0 Å². The molecule has 1 aliphatic rings. The molecule has 92 valence electrons. The van der Waals surface area contributed by atoms with Crippen LogP contribution >= 0.6 is 0 Å². The SMILES string of the molecule is CNc1cccc(C(=O)NC2=CCCC=C2)c1.[HH].[HH]. The molecule has 3 heteroatoms. The molecule has 0 atom stereocenters. The van der Waals surface area contributed by atoms with Crippen LogP contribution in [-0.4, -0.2) is 13.0 Å². The zero-order chi connectivity index (χ0) is 12.1. The predicted octanol–water partition coefficient (Wildman–Crippen LogP) is 3.18. The number of nitrogens with one attached hydrogen (secondary N) is 2. The lowest BCUT2D eigenvalue weighted by Crippen LogP contribution is -2.22. The molecule has 0 unspecified atom stereocenters. The molecule has 2 N–H and O–H groups in total. The van der Waals surface area contributed by atoms with Gasteiger partial charge in [0.25, 0.3) is 5.91 Å². The van der Waals surface area contributed by atoms with E-state index in [9.17, 15) is 4.79 Å². The number of carbonyl (C=O) groups excluding carboxylic acids is 1. The van der Waals surface area contributed by atoms with Gasteiger partial charge in [0.2, 0.25) is 0 Å². The first-order chi connectivity index (χ1) is 8.29. The van der Waals surface area contributed by atoms with Crippen molar-refractivity contribution in [2.75, 3.05) is 12.4 Å². The molecule has 1 aromatic rings. The van der Waals surface area contributed by atoms with E-state index in [1.165, 1.54) is 0 Å². The third kappa shape index (κ3) is 2.97. The fourth-order valence-corrected chi connectivity index (χ4v) is 1.73. The van der Waals surface area contributed by atoms with Gasteiger partial charge in [-0.15, -0.1) is 0 Å². The van der Waals surface area contributed by atoms with Crippen molar-refractivity contribution in [3.05, 3.63) is 53.8 Å². The zero-order valence-electron chi connectivity index (χ0n) is 9.86. The average molecular weight is 232 g/mol. The third-order valence-electron chi connectivity index (χ3n) is 2.67. The van der Waals surface area contributed by atoms with Gasteiger partial charge in [0.1, 0.15) is 0 Å². The van der Waals surface area contributed by atoms with Gasteiger partial charge in [-0.1, -0.05) is 18.2 Å². The van der Waals surface area contributed by atoms with Gasteiger partial charge in [0.05, 0.1) is 0 Å². The molecule has 1 aliphatic carbocycles. The van der Waals surface area contributed by atoms with Gasteiger partial charge in [0, 0.05) is 26.8 Å². The van der Waals surface area contributed by atoms with Crippen LogP contribution in [0.25, 0.3) is 0 Å². The van der Waals surface area contributed by atoms with E-state index in [-0.39, 0.29) is 8.76 Å². The molecule has 0 aliphatic heterocycles. The van der Waals surface area contributed by atoms with Crippen molar-refractivity contribution >= 4 is 11.6 Å². The number of amides is 1. The van der Waals surface area contributed by atoms with Gasteiger partial charge in [-0.25, -0.2) is 0 Å². The van der Waals surface area contributed by atoms with Crippen molar-refractivity contribution in [3.8, 4) is 0 Å². The van der Waals surface area contributed by atoms with E-state index in [1.54, 1.807) is 0 Å². The molecule has 0 saturated heterocycles. The summed E-state index contributed by atoms with van der Waals surface area (Å²) in [5.74, 6) is -0.0695. The Morgan fingerprint density at radius 1 is 1.35 bits per heavy atom. The quantitative estimate of drug-likeness (QED) is 0.840. The number of anilines is 1. The van der Waals surface area contributed by atoms with Crippen LogP contribution in [0.2, 0.25) is 0 Å². The summed E-state index contributed by atoms with van der Waals surface area (Å²) in [6.07, 6.45) is 8.10. The number of carbonyl (C=O) groups is 1. The smallest absolute Gasteiger partial charge is 0.255 e. The highest BCUT2D eigenvalue weighted by Gasteiger charge is 2.07. The lowest BCUT2D eigenvalue weighted by atomic mass is 10.1. The minimum absolute atomic E-state index is 0. The topological polar surface area (TPSA) is 41.1 Å². The van der Waals surface area contributed by atoms with Gasteiger partial charge in [-0.05, 0) is 37.1 Å². The van der Waals surface area contributed by atoms with Crippen molar-refractivity contribution < 1.29 is 7.65 Å². The van der Waals surface area contributed by atoms with Gasteiger partial charge in [0.15, 0.2) is 0 Å². The Morgan fingerprint density at radius 2 is 2.24 bits per heavy atom. The molecule has 0 bridgehead atoms. The van der Waals surface area contributed by atoms with E-state index in [2.05, 4.69) is 16.7 Å². The largest absolute Gasteiger partial charge is 0.388 e. The molecule has 1 aromatic carbocycles. The normalized spacial score (nSPS) is 14.1. The van der Waals surface area contributed by atoms with E-state index in [1.807, 2.05) is 43.5 Å². The second-order valence-corrected chi connectivity index (χ2v) is 3.92. The Kier molecular flexibility index (Phi) is 3.60. The highest BCUT2D eigenvalue weighted by Crippen LogP contribution is 2.11. The maximum Gasteiger partial charge on any atom is 0.255 e. The summed E-state index contributed by atoms with van der Waals surface area (Å²) in [6.45, 7) is 0. The zero-order valence-corrected chi connectivity index (χ0v) is 9.86. The molecule has 1 amide bonds. The van der Waals surface area contributed by atoms with Crippen LogP contribution in [0.1, 0.15) is 26.1 Å². The van der Waals surface area contributed by atoms with E-state index in [0.29, 0.717) is 5.56 Å². The van der Waals surface area contributed by atoms with Crippen molar-refractivity contribution in [1.29, 1.82) is 0 Å². The molecule has 0 fully saturated rings. The Labute approximate surface area is 104 Å². The van der Waals surface area contributed by atoms with Gasteiger partial charge in [-0.2, -0.15) is 0 Å². The average Bonchev–Trinajstić information content (AvgIpc) is 2.40. The van der Waals surface area contributed by atoms with Crippen molar-refractivity contribution in [3.63, 3.8) is 0 Å². The molecule has 2 rings (SSSR count). The van der Waals surface area contributed by atoms with Crippen molar-refractivity contribution in [2.45, 2.75) is 12.8 Å². The standard InChI is InChI=1S/C14H16N2O.2H2/c1-15-13-9-5-6-11(10-13)14(17)16-12-7-3-2-4-8-12;;/h3,5-10,15H,2,4H2,1H3,(H,16,17);2*1H. The highest BCUT2D eigenvalue weighted by atomic mass is 16.1. The molecule has 0 radical (unpaired) electrons. The molecular formula is C14H20N2O. The Bertz CT molecular complexity index is 484.